The predicted octanol–water partition coefficient (Wildman–Crippen LogP) is 1.86. The maximum Gasteiger partial charge on any atom is 0.0120 e. The van der Waals surface area contributed by atoms with Gasteiger partial charge in [0.05, 0.1) is 0 Å². The van der Waals surface area contributed by atoms with Crippen LogP contribution in [0, 0.1) is 11.3 Å². The van der Waals surface area contributed by atoms with Crippen molar-refractivity contribution in [3.8, 4) is 0 Å². The monoisotopic (exact) mass is 208 g/mol. The number of nitrogens with one attached hydrogen (secondary N) is 1. The van der Waals surface area contributed by atoms with Crippen LogP contribution < -0.4 is 5.32 Å². The molecule has 2 aliphatic heterocycles. The van der Waals surface area contributed by atoms with E-state index in [1.165, 1.54) is 58.3 Å². The lowest BCUT2D eigenvalue weighted by Gasteiger charge is -2.61. The SMILES string of the molecule is CCC1CC2(C1)CN(C1CCNCC1)C2. The molecule has 0 atom stereocenters. The van der Waals surface area contributed by atoms with Gasteiger partial charge < -0.3 is 5.32 Å². The van der Waals surface area contributed by atoms with Crippen LogP contribution in [0.5, 0.6) is 0 Å². The molecule has 15 heavy (non-hydrogen) atoms. The Morgan fingerprint density at radius 2 is 1.87 bits per heavy atom. The highest BCUT2D eigenvalue weighted by atomic mass is 15.2. The van der Waals surface area contributed by atoms with E-state index in [-0.39, 0.29) is 0 Å². The minimum atomic E-state index is 0.797. The lowest BCUT2D eigenvalue weighted by atomic mass is 9.56. The first-order chi connectivity index (χ1) is 7.31. The van der Waals surface area contributed by atoms with Gasteiger partial charge in [-0.25, -0.2) is 0 Å². The van der Waals surface area contributed by atoms with E-state index < -0.39 is 0 Å². The summed E-state index contributed by atoms with van der Waals surface area (Å²) in [4.78, 5) is 2.76. The minimum absolute atomic E-state index is 0.797. The predicted molar refractivity (Wildman–Crippen MR) is 62.9 cm³/mol. The van der Waals surface area contributed by atoms with Crippen LogP contribution in [0.2, 0.25) is 0 Å². The Hall–Kier alpha value is -0.0800. The Bertz CT molecular complexity index is 219. The molecule has 3 fully saturated rings. The molecule has 1 spiro atoms. The van der Waals surface area contributed by atoms with Gasteiger partial charge in [0.1, 0.15) is 0 Å². The van der Waals surface area contributed by atoms with Gasteiger partial charge >= 0.3 is 0 Å². The summed E-state index contributed by atoms with van der Waals surface area (Å²) in [6, 6.07) is 0.914. The van der Waals surface area contributed by atoms with E-state index in [4.69, 9.17) is 0 Å². The van der Waals surface area contributed by atoms with E-state index >= 15 is 0 Å². The molecule has 0 bridgehead atoms. The third kappa shape index (κ3) is 1.72. The second kappa shape index (κ2) is 3.74. The van der Waals surface area contributed by atoms with Crippen LogP contribution in [-0.4, -0.2) is 37.1 Å². The van der Waals surface area contributed by atoms with Crippen molar-refractivity contribution in [3.63, 3.8) is 0 Å². The molecule has 2 heteroatoms. The van der Waals surface area contributed by atoms with Gasteiger partial charge in [0, 0.05) is 19.1 Å². The zero-order valence-electron chi connectivity index (χ0n) is 9.97. The fourth-order valence-electron chi connectivity index (χ4n) is 3.96. The summed E-state index contributed by atoms with van der Waals surface area (Å²) in [5.74, 6) is 1.07. The molecule has 0 unspecified atom stereocenters. The summed E-state index contributed by atoms with van der Waals surface area (Å²) in [5.41, 5.74) is 0.797. The molecule has 0 aromatic heterocycles. The van der Waals surface area contributed by atoms with Crippen LogP contribution in [0.3, 0.4) is 0 Å². The van der Waals surface area contributed by atoms with Crippen molar-refractivity contribution in [3.05, 3.63) is 0 Å². The van der Waals surface area contributed by atoms with Crippen molar-refractivity contribution in [2.45, 2.75) is 45.1 Å². The van der Waals surface area contributed by atoms with Crippen molar-refractivity contribution in [1.82, 2.24) is 10.2 Å². The van der Waals surface area contributed by atoms with Crippen molar-refractivity contribution >= 4 is 0 Å². The van der Waals surface area contributed by atoms with Crippen LogP contribution in [0.1, 0.15) is 39.0 Å². The van der Waals surface area contributed by atoms with Crippen LogP contribution in [0.4, 0.5) is 0 Å². The molecule has 1 aliphatic carbocycles. The average molecular weight is 208 g/mol. The van der Waals surface area contributed by atoms with E-state index in [0.29, 0.717) is 0 Å². The molecule has 2 nitrogen and oxygen atoms in total. The summed E-state index contributed by atoms with van der Waals surface area (Å²) < 4.78 is 0. The summed E-state index contributed by atoms with van der Waals surface area (Å²) >= 11 is 0. The maximum atomic E-state index is 3.46. The maximum absolute atomic E-state index is 3.46. The molecule has 2 saturated heterocycles. The largest absolute Gasteiger partial charge is 0.317 e. The molecular weight excluding hydrogens is 184 g/mol. The van der Waals surface area contributed by atoms with Crippen molar-refractivity contribution < 1.29 is 0 Å². The summed E-state index contributed by atoms with van der Waals surface area (Å²) in [6.07, 6.45) is 7.24. The second-order valence-corrected chi connectivity index (χ2v) is 6.07. The van der Waals surface area contributed by atoms with Gasteiger partial charge in [-0.3, -0.25) is 4.90 Å². The van der Waals surface area contributed by atoms with Gasteiger partial charge in [-0.05, 0) is 50.1 Å². The highest BCUT2D eigenvalue weighted by Gasteiger charge is 2.52. The summed E-state index contributed by atoms with van der Waals surface area (Å²) in [7, 11) is 0. The first kappa shape index (κ1) is 10.1. The normalized spacial score (nSPS) is 32.6. The average Bonchev–Trinajstić information content (AvgIpc) is 2.16. The molecule has 86 valence electrons. The van der Waals surface area contributed by atoms with Gasteiger partial charge in [-0.1, -0.05) is 13.3 Å². The summed E-state index contributed by atoms with van der Waals surface area (Å²) in [6.45, 7) is 7.68. The van der Waals surface area contributed by atoms with Gasteiger partial charge in [0.15, 0.2) is 0 Å². The number of rotatable bonds is 2. The van der Waals surface area contributed by atoms with E-state index in [1.807, 2.05) is 0 Å². The number of likely N-dealkylation sites (tertiary alicyclic amines) is 1. The molecule has 1 N–H and O–H groups in total. The number of nitrogens with zero attached hydrogens (tertiary/aromatic N) is 1. The van der Waals surface area contributed by atoms with E-state index in [1.54, 1.807) is 0 Å². The quantitative estimate of drug-likeness (QED) is 0.745. The zero-order valence-corrected chi connectivity index (χ0v) is 9.97. The first-order valence-corrected chi connectivity index (χ1v) is 6.76. The molecule has 3 rings (SSSR count). The third-order valence-corrected chi connectivity index (χ3v) is 4.92. The topological polar surface area (TPSA) is 15.3 Å². The number of piperidine rings is 1. The van der Waals surface area contributed by atoms with Crippen LogP contribution in [0.25, 0.3) is 0 Å². The summed E-state index contributed by atoms with van der Waals surface area (Å²) in [5, 5.41) is 3.46. The number of hydrogen-bond donors (Lipinski definition) is 1. The highest BCUT2D eigenvalue weighted by Crippen LogP contribution is 2.53. The van der Waals surface area contributed by atoms with Crippen molar-refractivity contribution in [2.24, 2.45) is 11.3 Å². The van der Waals surface area contributed by atoms with Gasteiger partial charge in [-0.15, -0.1) is 0 Å². The second-order valence-electron chi connectivity index (χ2n) is 6.07. The van der Waals surface area contributed by atoms with Crippen LogP contribution in [0.15, 0.2) is 0 Å². The highest BCUT2D eigenvalue weighted by molar-refractivity contribution is 5.05. The fourth-order valence-corrected chi connectivity index (χ4v) is 3.96. The Morgan fingerprint density at radius 1 is 1.20 bits per heavy atom. The Labute approximate surface area is 93.4 Å². The van der Waals surface area contributed by atoms with E-state index in [0.717, 1.165) is 17.4 Å². The lowest BCUT2D eigenvalue weighted by Crippen LogP contribution is -2.65. The molecule has 0 aromatic rings. The molecule has 0 radical (unpaired) electrons. The molecule has 0 aromatic carbocycles. The minimum Gasteiger partial charge on any atom is -0.317 e. The fraction of sp³-hybridized carbons (Fsp3) is 1.00. The molecule has 0 amide bonds. The van der Waals surface area contributed by atoms with Crippen molar-refractivity contribution in [2.75, 3.05) is 26.2 Å². The number of hydrogen-bond acceptors (Lipinski definition) is 2. The van der Waals surface area contributed by atoms with Gasteiger partial charge in [0.2, 0.25) is 0 Å². The molecular formula is C13H24N2. The zero-order chi connectivity index (χ0) is 10.3. The first-order valence-electron chi connectivity index (χ1n) is 6.76. The Morgan fingerprint density at radius 3 is 2.47 bits per heavy atom. The smallest absolute Gasteiger partial charge is 0.0120 e. The Kier molecular flexibility index (Phi) is 2.52. The van der Waals surface area contributed by atoms with E-state index in [2.05, 4.69) is 17.1 Å². The Balaban J connectivity index is 1.46. The molecule has 3 aliphatic rings. The van der Waals surface area contributed by atoms with Crippen LogP contribution >= 0.6 is 0 Å². The van der Waals surface area contributed by atoms with Crippen molar-refractivity contribution in [1.29, 1.82) is 0 Å². The standard InChI is InChI=1S/C13H24N2/c1-2-11-7-13(8-11)9-15(10-13)12-3-5-14-6-4-12/h11-12,14H,2-10H2,1H3. The molecule has 1 saturated carbocycles. The van der Waals surface area contributed by atoms with E-state index in [9.17, 15) is 0 Å². The third-order valence-electron chi connectivity index (χ3n) is 4.92. The lowest BCUT2D eigenvalue weighted by molar-refractivity contribution is -0.117. The van der Waals surface area contributed by atoms with Gasteiger partial charge in [0.25, 0.3) is 0 Å². The van der Waals surface area contributed by atoms with Crippen LogP contribution in [-0.2, 0) is 0 Å². The molecule has 2 heterocycles. The van der Waals surface area contributed by atoms with Gasteiger partial charge in [-0.2, -0.15) is 0 Å².